The standard InChI is InChI=1S/C27H29F3N8O3/c1-35(2)17-9-12-36(13-10-17)22-15-24(41-3)20(14-23(22)38(39)40)34-26-31-11-8-19(33-26)25-32-18-6-4-5-7-21(18)37(25)16-27(28,29)30/h4-8,11,14-15,17H,9-10,12-13,16H2,1-3H3,(H,31,33,34). The Hall–Kier alpha value is -4.46. The van der Waals surface area contributed by atoms with E-state index in [9.17, 15) is 23.3 Å². The van der Waals surface area contributed by atoms with Crippen LogP contribution in [0.5, 0.6) is 5.75 Å². The number of piperidine rings is 1. The number of anilines is 3. The lowest BCUT2D eigenvalue weighted by atomic mass is 10.0. The van der Waals surface area contributed by atoms with E-state index in [0.717, 1.165) is 17.4 Å². The summed E-state index contributed by atoms with van der Waals surface area (Å²) in [7, 11) is 5.50. The number of ether oxygens (including phenoxy) is 1. The summed E-state index contributed by atoms with van der Waals surface area (Å²) in [6.45, 7) is 0.0658. The predicted octanol–water partition coefficient (Wildman–Crippen LogP) is 5.25. The topological polar surface area (TPSA) is 114 Å². The number of methoxy groups -OCH3 is 1. The number of hydrogen-bond donors (Lipinski definition) is 1. The Labute approximate surface area is 233 Å². The third-order valence-corrected chi connectivity index (χ3v) is 7.15. The van der Waals surface area contributed by atoms with Crippen LogP contribution in [0.2, 0.25) is 0 Å². The summed E-state index contributed by atoms with van der Waals surface area (Å²) < 4.78 is 47.0. The van der Waals surface area contributed by atoms with Crippen LogP contribution in [-0.4, -0.2) is 75.9 Å². The molecule has 1 aliphatic rings. The van der Waals surface area contributed by atoms with Crippen LogP contribution in [0.25, 0.3) is 22.6 Å². The van der Waals surface area contributed by atoms with Gasteiger partial charge in [-0.05, 0) is 45.1 Å². The summed E-state index contributed by atoms with van der Waals surface area (Å²) in [6.07, 6.45) is -1.37. The third kappa shape index (κ3) is 6.01. The molecule has 0 bridgehead atoms. The highest BCUT2D eigenvalue weighted by Crippen LogP contribution is 2.40. The summed E-state index contributed by atoms with van der Waals surface area (Å²) in [5, 5.41) is 15.0. The zero-order chi connectivity index (χ0) is 29.3. The first-order valence-corrected chi connectivity index (χ1v) is 12.9. The highest BCUT2D eigenvalue weighted by atomic mass is 19.4. The van der Waals surface area contributed by atoms with Crippen molar-refractivity contribution >= 4 is 34.0 Å². The van der Waals surface area contributed by atoms with Crippen LogP contribution in [0.1, 0.15) is 12.8 Å². The van der Waals surface area contributed by atoms with Gasteiger partial charge < -0.3 is 24.4 Å². The minimum absolute atomic E-state index is 0.0141. The Bertz CT molecular complexity index is 1570. The number of nitro groups is 1. The highest BCUT2D eigenvalue weighted by molar-refractivity contribution is 5.80. The van der Waals surface area contributed by atoms with Gasteiger partial charge in [-0.2, -0.15) is 13.2 Å². The van der Waals surface area contributed by atoms with Gasteiger partial charge in [0.05, 0.1) is 28.8 Å². The average Bonchev–Trinajstić information content (AvgIpc) is 3.30. The van der Waals surface area contributed by atoms with Crippen LogP contribution < -0.4 is 15.0 Å². The van der Waals surface area contributed by atoms with E-state index in [1.165, 1.54) is 25.4 Å². The molecule has 0 radical (unpaired) electrons. The molecule has 2 aromatic carbocycles. The van der Waals surface area contributed by atoms with Crippen molar-refractivity contribution in [1.82, 2.24) is 24.4 Å². The third-order valence-electron chi connectivity index (χ3n) is 7.15. The molecule has 0 aliphatic carbocycles. The molecule has 1 saturated heterocycles. The summed E-state index contributed by atoms with van der Waals surface area (Å²) in [6, 6.07) is 11.4. The smallest absolute Gasteiger partial charge is 0.406 e. The molecule has 0 atom stereocenters. The van der Waals surface area contributed by atoms with E-state index in [-0.39, 0.29) is 28.8 Å². The van der Waals surface area contributed by atoms with Gasteiger partial charge >= 0.3 is 6.18 Å². The monoisotopic (exact) mass is 570 g/mol. The molecule has 216 valence electrons. The SMILES string of the molecule is COc1cc(N2CCC(N(C)C)CC2)c([N+](=O)[O-])cc1Nc1nccc(-c2nc3ccccc3n2CC(F)(F)F)n1. The lowest BCUT2D eigenvalue weighted by Gasteiger charge is -2.36. The average molecular weight is 571 g/mol. The van der Waals surface area contributed by atoms with Crippen molar-refractivity contribution in [3.8, 4) is 17.3 Å². The lowest BCUT2D eigenvalue weighted by molar-refractivity contribution is -0.384. The number of nitrogens with one attached hydrogen (secondary N) is 1. The molecule has 1 fully saturated rings. The van der Waals surface area contributed by atoms with Crippen LogP contribution in [0.4, 0.5) is 36.2 Å². The molecule has 14 heteroatoms. The van der Waals surface area contributed by atoms with Gasteiger partial charge in [-0.15, -0.1) is 0 Å². The van der Waals surface area contributed by atoms with Crippen molar-refractivity contribution in [2.45, 2.75) is 31.6 Å². The van der Waals surface area contributed by atoms with Gasteiger partial charge in [-0.25, -0.2) is 15.0 Å². The molecule has 1 aliphatic heterocycles. The van der Waals surface area contributed by atoms with E-state index in [1.54, 1.807) is 30.3 Å². The molecule has 2 aromatic heterocycles. The Morgan fingerprint density at radius 2 is 1.88 bits per heavy atom. The van der Waals surface area contributed by atoms with E-state index in [2.05, 4.69) is 25.2 Å². The normalized spacial score (nSPS) is 14.6. The van der Waals surface area contributed by atoms with Gasteiger partial charge in [0, 0.05) is 37.5 Å². The van der Waals surface area contributed by atoms with Crippen molar-refractivity contribution < 1.29 is 22.8 Å². The number of nitro benzene ring substituents is 1. The van der Waals surface area contributed by atoms with Gasteiger partial charge in [-0.3, -0.25) is 10.1 Å². The first kappa shape index (κ1) is 28.1. The van der Waals surface area contributed by atoms with Gasteiger partial charge in [0.2, 0.25) is 5.95 Å². The molecule has 3 heterocycles. The minimum atomic E-state index is -4.48. The predicted molar refractivity (Wildman–Crippen MR) is 149 cm³/mol. The molecular formula is C27H29F3N8O3. The molecule has 5 rings (SSSR count). The maximum absolute atomic E-state index is 13.4. The fourth-order valence-corrected chi connectivity index (χ4v) is 5.12. The minimum Gasteiger partial charge on any atom is -0.494 e. The Morgan fingerprint density at radius 1 is 1.15 bits per heavy atom. The largest absolute Gasteiger partial charge is 0.494 e. The second kappa shape index (κ2) is 11.2. The Kier molecular flexibility index (Phi) is 7.67. The van der Waals surface area contributed by atoms with Crippen LogP contribution in [-0.2, 0) is 6.54 Å². The number of rotatable bonds is 8. The molecule has 0 unspecified atom stereocenters. The van der Waals surface area contributed by atoms with Crippen LogP contribution in [0.3, 0.4) is 0 Å². The van der Waals surface area contributed by atoms with Gasteiger partial charge in [0.1, 0.15) is 23.7 Å². The number of imidazole rings is 1. The number of aromatic nitrogens is 4. The molecular weight excluding hydrogens is 541 g/mol. The van der Waals surface area contributed by atoms with Crippen molar-refractivity contribution in [3.05, 3.63) is 58.8 Å². The number of fused-ring (bicyclic) bond motifs is 1. The molecule has 0 amide bonds. The molecule has 1 N–H and O–H groups in total. The number of halogens is 3. The van der Waals surface area contributed by atoms with E-state index in [0.29, 0.717) is 41.6 Å². The first-order valence-electron chi connectivity index (χ1n) is 12.9. The molecule has 11 nitrogen and oxygen atoms in total. The zero-order valence-corrected chi connectivity index (χ0v) is 22.7. The van der Waals surface area contributed by atoms with Crippen LogP contribution in [0, 0.1) is 10.1 Å². The lowest BCUT2D eigenvalue weighted by Crippen LogP contribution is -2.42. The fourth-order valence-electron chi connectivity index (χ4n) is 5.12. The Morgan fingerprint density at radius 3 is 2.54 bits per heavy atom. The second-order valence-electron chi connectivity index (χ2n) is 10.00. The van der Waals surface area contributed by atoms with E-state index in [1.807, 2.05) is 19.0 Å². The van der Waals surface area contributed by atoms with E-state index >= 15 is 0 Å². The fraction of sp³-hybridized carbons (Fsp3) is 0.370. The number of para-hydroxylation sites is 2. The van der Waals surface area contributed by atoms with Crippen molar-refractivity contribution in [1.29, 1.82) is 0 Å². The molecule has 0 spiro atoms. The quantitative estimate of drug-likeness (QED) is 0.224. The van der Waals surface area contributed by atoms with E-state index in [4.69, 9.17) is 4.74 Å². The van der Waals surface area contributed by atoms with Gasteiger partial charge in [-0.1, -0.05) is 12.1 Å². The van der Waals surface area contributed by atoms with Gasteiger partial charge in [0.15, 0.2) is 5.82 Å². The first-order chi connectivity index (χ1) is 19.5. The summed E-state index contributed by atoms with van der Waals surface area (Å²) >= 11 is 0. The molecule has 41 heavy (non-hydrogen) atoms. The number of benzene rings is 2. The van der Waals surface area contributed by atoms with Crippen molar-refractivity contribution in [3.63, 3.8) is 0 Å². The van der Waals surface area contributed by atoms with Gasteiger partial charge in [0.25, 0.3) is 5.69 Å². The van der Waals surface area contributed by atoms with Crippen molar-refractivity contribution in [2.24, 2.45) is 0 Å². The number of hydrogen-bond acceptors (Lipinski definition) is 9. The maximum Gasteiger partial charge on any atom is 0.406 e. The Balaban J connectivity index is 1.48. The summed E-state index contributed by atoms with van der Waals surface area (Å²) in [4.78, 5) is 28.7. The highest BCUT2D eigenvalue weighted by Gasteiger charge is 2.31. The number of nitrogens with zero attached hydrogens (tertiary/aromatic N) is 7. The molecule has 4 aromatic rings. The zero-order valence-electron chi connectivity index (χ0n) is 22.7. The molecule has 0 saturated carbocycles. The summed E-state index contributed by atoms with van der Waals surface area (Å²) in [5.74, 6) is 0.363. The number of alkyl halides is 3. The van der Waals surface area contributed by atoms with Crippen LogP contribution in [0.15, 0.2) is 48.7 Å². The van der Waals surface area contributed by atoms with E-state index < -0.39 is 17.6 Å². The summed E-state index contributed by atoms with van der Waals surface area (Å²) in [5.41, 5.74) is 1.44. The second-order valence-corrected chi connectivity index (χ2v) is 10.00. The van der Waals surface area contributed by atoms with Crippen molar-refractivity contribution in [2.75, 3.05) is 44.5 Å². The maximum atomic E-state index is 13.4. The van der Waals surface area contributed by atoms with Crippen LogP contribution >= 0.6 is 0 Å².